The summed E-state index contributed by atoms with van der Waals surface area (Å²) in [5.41, 5.74) is -0.304. The highest BCUT2D eigenvalue weighted by Gasteiger charge is 1.90. The zero-order chi connectivity index (χ0) is 5.98. The van der Waals surface area contributed by atoms with Crippen molar-refractivity contribution >= 4 is 12.0 Å². The fraction of sp³-hybridized carbons (Fsp3) is 0. The van der Waals surface area contributed by atoms with Gasteiger partial charge in [0.15, 0.2) is 0 Å². The molecule has 0 radical (unpaired) electrons. The number of aromatic nitrogens is 2. The lowest BCUT2D eigenvalue weighted by atomic mass is 11.0. The van der Waals surface area contributed by atoms with Crippen molar-refractivity contribution in [1.82, 2.24) is 9.97 Å². The SMILES string of the molecule is O=c1[nH]cc(SO)[nH]1. The van der Waals surface area contributed by atoms with Crippen LogP contribution >= 0.6 is 12.0 Å². The van der Waals surface area contributed by atoms with Crippen LogP contribution in [0.25, 0.3) is 0 Å². The summed E-state index contributed by atoms with van der Waals surface area (Å²) in [6, 6.07) is 0. The van der Waals surface area contributed by atoms with Gasteiger partial charge in [-0.2, -0.15) is 0 Å². The predicted octanol–water partition coefficient (Wildman–Crippen LogP) is 0.268. The van der Waals surface area contributed by atoms with E-state index in [4.69, 9.17) is 4.55 Å². The van der Waals surface area contributed by atoms with Crippen LogP contribution in [-0.2, 0) is 0 Å². The highest BCUT2D eigenvalue weighted by atomic mass is 32.2. The summed E-state index contributed by atoms with van der Waals surface area (Å²) in [5, 5.41) is 0.426. The first-order chi connectivity index (χ1) is 3.83. The number of nitrogens with one attached hydrogen (secondary N) is 2. The van der Waals surface area contributed by atoms with Gasteiger partial charge in [-0.05, 0) is 0 Å². The first-order valence-corrected chi connectivity index (χ1v) is 2.69. The molecule has 4 nitrogen and oxygen atoms in total. The van der Waals surface area contributed by atoms with Gasteiger partial charge in [0.1, 0.15) is 5.03 Å². The van der Waals surface area contributed by atoms with Gasteiger partial charge in [0.25, 0.3) is 0 Å². The highest BCUT2D eigenvalue weighted by Crippen LogP contribution is 2.04. The van der Waals surface area contributed by atoms with E-state index in [-0.39, 0.29) is 5.69 Å². The molecule has 0 aliphatic heterocycles. The summed E-state index contributed by atoms with van der Waals surface area (Å²) < 4.78 is 8.28. The van der Waals surface area contributed by atoms with Crippen LogP contribution in [0.5, 0.6) is 0 Å². The van der Waals surface area contributed by atoms with Crippen LogP contribution in [0.15, 0.2) is 16.0 Å². The molecule has 0 saturated heterocycles. The first kappa shape index (κ1) is 5.46. The number of hydrogen-bond acceptors (Lipinski definition) is 3. The van der Waals surface area contributed by atoms with Crippen molar-refractivity contribution in [3.8, 4) is 0 Å². The smallest absolute Gasteiger partial charge is 0.323 e. The minimum atomic E-state index is -0.304. The maximum Gasteiger partial charge on any atom is 0.323 e. The van der Waals surface area contributed by atoms with E-state index in [1.807, 2.05) is 0 Å². The van der Waals surface area contributed by atoms with Gasteiger partial charge < -0.3 is 9.54 Å². The van der Waals surface area contributed by atoms with Gasteiger partial charge in [-0.15, -0.1) is 0 Å². The third-order valence-corrected chi connectivity index (χ3v) is 1.09. The predicted molar refractivity (Wildman–Crippen MR) is 29.9 cm³/mol. The molecule has 8 heavy (non-hydrogen) atoms. The van der Waals surface area contributed by atoms with Crippen LogP contribution in [0.4, 0.5) is 0 Å². The quantitative estimate of drug-likeness (QED) is 0.480. The number of H-pyrrole nitrogens is 2. The molecular weight excluding hydrogens is 128 g/mol. The van der Waals surface area contributed by atoms with E-state index >= 15 is 0 Å². The molecule has 44 valence electrons. The molecule has 0 amide bonds. The molecule has 1 heterocycles. The minimum absolute atomic E-state index is 0.304. The Balaban J connectivity index is 3.01. The van der Waals surface area contributed by atoms with E-state index < -0.39 is 0 Å². The Labute approximate surface area is 49.1 Å². The lowest BCUT2D eigenvalue weighted by molar-refractivity contribution is 0.660. The molecule has 5 heteroatoms. The number of imidazole rings is 1. The average molecular weight is 132 g/mol. The van der Waals surface area contributed by atoms with Crippen molar-refractivity contribution in [2.24, 2.45) is 0 Å². The molecule has 1 aromatic heterocycles. The summed E-state index contributed by atoms with van der Waals surface area (Å²) in [7, 11) is 0. The second-order valence-electron chi connectivity index (χ2n) is 1.20. The number of aromatic amines is 2. The molecule has 0 spiro atoms. The van der Waals surface area contributed by atoms with Gasteiger partial charge in [-0.1, -0.05) is 0 Å². The average Bonchev–Trinajstić information content (AvgIpc) is 2.14. The van der Waals surface area contributed by atoms with Gasteiger partial charge in [-0.3, -0.25) is 4.98 Å². The fourth-order valence-corrected chi connectivity index (χ4v) is 0.614. The molecule has 0 saturated carbocycles. The number of rotatable bonds is 1. The Morgan fingerprint density at radius 3 is 2.75 bits per heavy atom. The molecule has 0 aliphatic rings. The maximum absolute atomic E-state index is 10.2. The molecule has 0 aromatic carbocycles. The van der Waals surface area contributed by atoms with Gasteiger partial charge >= 0.3 is 5.69 Å². The summed E-state index contributed by atoms with van der Waals surface area (Å²) in [5.74, 6) is 0. The molecule has 1 aromatic rings. The zero-order valence-corrected chi connectivity index (χ0v) is 4.66. The zero-order valence-electron chi connectivity index (χ0n) is 3.84. The minimum Gasteiger partial charge on any atom is -0.324 e. The summed E-state index contributed by atoms with van der Waals surface area (Å²) >= 11 is 0.503. The van der Waals surface area contributed by atoms with E-state index in [1.165, 1.54) is 6.20 Å². The van der Waals surface area contributed by atoms with Crippen molar-refractivity contribution in [1.29, 1.82) is 0 Å². The van der Waals surface area contributed by atoms with Crippen molar-refractivity contribution in [3.63, 3.8) is 0 Å². The van der Waals surface area contributed by atoms with Crippen molar-refractivity contribution in [3.05, 3.63) is 16.7 Å². The molecule has 1 rings (SSSR count). The van der Waals surface area contributed by atoms with E-state index in [1.54, 1.807) is 0 Å². The fourth-order valence-electron chi connectivity index (χ4n) is 0.364. The second-order valence-corrected chi connectivity index (χ2v) is 1.82. The molecule has 0 aliphatic carbocycles. The Bertz CT molecular complexity index is 215. The molecule has 3 N–H and O–H groups in total. The van der Waals surface area contributed by atoms with Gasteiger partial charge in [0.05, 0.1) is 0 Å². The normalized spacial score (nSPS) is 9.62. The molecule has 0 atom stereocenters. The lowest BCUT2D eigenvalue weighted by Crippen LogP contribution is -1.99. The Hall–Kier alpha value is -0.680. The van der Waals surface area contributed by atoms with Crippen molar-refractivity contribution in [2.45, 2.75) is 5.03 Å². The van der Waals surface area contributed by atoms with Crippen molar-refractivity contribution in [2.75, 3.05) is 0 Å². The Morgan fingerprint density at radius 2 is 2.50 bits per heavy atom. The van der Waals surface area contributed by atoms with Gasteiger partial charge in [0, 0.05) is 18.2 Å². The van der Waals surface area contributed by atoms with Crippen LogP contribution in [0.3, 0.4) is 0 Å². The summed E-state index contributed by atoms with van der Waals surface area (Å²) in [6.45, 7) is 0. The Kier molecular flexibility index (Phi) is 1.40. The van der Waals surface area contributed by atoms with Gasteiger partial charge in [-0.25, -0.2) is 4.79 Å². The second kappa shape index (κ2) is 2.06. The topological polar surface area (TPSA) is 68.9 Å². The largest absolute Gasteiger partial charge is 0.324 e. The summed E-state index contributed by atoms with van der Waals surface area (Å²) in [6.07, 6.45) is 1.40. The Morgan fingerprint density at radius 1 is 1.75 bits per heavy atom. The van der Waals surface area contributed by atoms with Crippen LogP contribution in [0.2, 0.25) is 0 Å². The third-order valence-electron chi connectivity index (χ3n) is 0.669. The van der Waals surface area contributed by atoms with Gasteiger partial charge in [0.2, 0.25) is 0 Å². The summed E-state index contributed by atoms with van der Waals surface area (Å²) in [4.78, 5) is 14.9. The van der Waals surface area contributed by atoms with Crippen LogP contribution in [0, 0.1) is 0 Å². The van der Waals surface area contributed by atoms with Crippen LogP contribution < -0.4 is 5.69 Å². The molecule has 0 unspecified atom stereocenters. The van der Waals surface area contributed by atoms with Crippen LogP contribution in [-0.4, -0.2) is 14.5 Å². The van der Waals surface area contributed by atoms with Crippen molar-refractivity contribution < 1.29 is 4.55 Å². The molecular formula is C3H4N2O2S. The van der Waals surface area contributed by atoms with E-state index in [0.29, 0.717) is 17.1 Å². The molecule has 0 bridgehead atoms. The number of hydrogen-bond donors (Lipinski definition) is 3. The molecule has 0 fully saturated rings. The van der Waals surface area contributed by atoms with E-state index in [9.17, 15) is 4.79 Å². The van der Waals surface area contributed by atoms with E-state index in [0.717, 1.165) is 0 Å². The van der Waals surface area contributed by atoms with E-state index in [2.05, 4.69) is 9.97 Å². The highest BCUT2D eigenvalue weighted by molar-refractivity contribution is 7.93. The first-order valence-electron chi connectivity index (χ1n) is 1.92. The maximum atomic E-state index is 10.2. The standard InChI is InChI=1S/C3H4N2O2S/c6-3-4-1-2(5-3)8-7/h1,7H,(H2,4,5,6). The van der Waals surface area contributed by atoms with Crippen LogP contribution in [0.1, 0.15) is 0 Å². The lowest BCUT2D eigenvalue weighted by Gasteiger charge is -1.77. The monoisotopic (exact) mass is 132 g/mol. The third kappa shape index (κ3) is 0.932.